The van der Waals surface area contributed by atoms with Gasteiger partial charge in [-0.25, -0.2) is 0 Å². The molecular weight excluding hydrogens is 176 g/mol. The quantitative estimate of drug-likeness (QED) is 0.739. The van der Waals surface area contributed by atoms with Gasteiger partial charge in [0.25, 0.3) is 0 Å². The summed E-state index contributed by atoms with van der Waals surface area (Å²) in [6.07, 6.45) is 2.03. The molecule has 1 fully saturated rings. The van der Waals surface area contributed by atoms with E-state index in [0.717, 1.165) is 25.1 Å². The first-order chi connectivity index (χ1) is 6.86. The zero-order valence-corrected chi connectivity index (χ0v) is 7.99. The normalized spacial score (nSPS) is 20.7. The van der Waals surface area contributed by atoms with Crippen molar-refractivity contribution in [1.29, 1.82) is 0 Å². The van der Waals surface area contributed by atoms with Crippen LogP contribution in [-0.2, 0) is 4.79 Å². The van der Waals surface area contributed by atoms with Crippen molar-refractivity contribution in [2.24, 2.45) is 0 Å². The number of carbonyl (C=O) groups excluding carboxylic acids is 1. The van der Waals surface area contributed by atoms with Crippen molar-refractivity contribution in [3.05, 3.63) is 30.3 Å². The highest BCUT2D eigenvalue weighted by atomic mass is 16.2. The van der Waals surface area contributed by atoms with Crippen LogP contribution in [0.3, 0.4) is 0 Å². The average Bonchev–Trinajstić information content (AvgIpc) is 2.72. The molecule has 1 unspecified atom stereocenters. The van der Waals surface area contributed by atoms with Crippen LogP contribution in [0.4, 0.5) is 5.69 Å². The summed E-state index contributed by atoms with van der Waals surface area (Å²) in [5.74, 6) is 0.0775. The second-order valence-electron chi connectivity index (χ2n) is 3.50. The zero-order valence-electron chi connectivity index (χ0n) is 7.99. The molecule has 0 saturated carbocycles. The molecule has 14 heavy (non-hydrogen) atoms. The van der Waals surface area contributed by atoms with Crippen LogP contribution in [0.2, 0.25) is 0 Å². The monoisotopic (exact) mass is 190 g/mol. The van der Waals surface area contributed by atoms with E-state index in [2.05, 4.69) is 10.6 Å². The Bertz CT molecular complexity index is 304. The molecule has 0 aliphatic carbocycles. The Balaban J connectivity index is 1.94. The highest BCUT2D eigenvalue weighted by Gasteiger charge is 2.21. The van der Waals surface area contributed by atoms with Crippen molar-refractivity contribution in [2.75, 3.05) is 11.9 Å². The fourth-order valence-electron chi connectivity index (χ4n) is 1.66. The second-order valence-corrected chi connectivity index (χ2v) is 3.50. The maximum atomic E-state index is 11.6. The SMILES string of the molecule is O=C(Nc1ccccc1)C1CCCN1. The standard InChI is InChI=1S/C11H14N2O/c14-11(10-7-4-8-12-10)13-9-5-2-1-3-6-9/h1-3,5-6,10,12H,4,7-8H2,(H,13,14). The molecule has 1 aliphatic rings. The fraction of sp³-hybridized carbons (Fsp3) is 0.364. The highest BCUT2D eigenvalue weighted by molar-refractivity contribution is 5.94. The van der Waals surface area contributed by atoms with E-state index in [1.54, 1.807) is 0 Å². The van der Waals surface area contributed by atoms with Crippen LogP contribution in [0.1, 0.15) is 12.8 Å². The van der Waals surface area contributed by atoms with Crippen LogP contribution in [-0.4, -0.2) is 18.5 Å². The lowest BCUT2D eigenvalue weighted by atomic mass is 10.2. The summed E-state index contributed by atoms with van der Waals surface area (Å²) in [6, 6.07) is 9.55. The van der Waals surface area contributed by atoms with Crippen molar-refractivity contribution >= 4 is 11.6 Å². The van der Waals surface area contributed by atoms with Gasteiger partial charge in [0, 0.05) is 5.69 Å². The van der Waals surface area contributed by atoms with Gasteiger partial charge >= 0.3 is 0 Å². The number of anilines is 1. The van der Waals surface area contributed by atoms with Crippen LogP contribution in [0.15, 0.2) is 30.3 Å². The summed E-state index contributed by atoms with van der Waals surface area (Å²) in [5, 5.41) is 6.05. The molecule has 1 aromatic rings. The molecule has 1 aromatic carbocycles. The molecule has 0 aromatic heterocycles. The van der Waals surface area contributed by atoms with Gasteiger partial charge in [-0.2, -0.15) is 0 Å². The molecule has 74 valence electrons. The van der Waals surface area contributed by atoms with Gasteiger partial charge in [-0.1, -0.05) is 18.2 Å². The summed E-state index contributed by atoms with van der Waals surface area (Å²) < 4.78 is 0. The van der Waals surface area contributed by atoms with E-state index in [0.29, 0.717) is 0 Å². The predicted octanol–water partition coefficient (Wildman–Crippen LogP) is 1.38. The van der Waals surface area contributed by atoms with Gasteiger partial charge in [-0.15, -0.1) is 0 Å². The molecule has 3 heteroatoms. The largest absolute Gasteiger partial charge is 0.325 e. The minimum Gasteiger partial charge on any atom is -0.325 e. The van der Waals surface area contributed by atoms with E-state index in [1.807, 2.05) is 30.3 Å². The van der Waals surface area contributed by atoms with Crippen molar-refractivity contribution in [3.8, 4) is 0 Å². The zero-order chi connectivity index (χ0) is 9.80. The Morgan fingerprint density at radius 2 is 2.14 bits per heavy atom. The summed E-state index contributed by atoms with van der Waals surface area (Å²) in [6.45, 7) is 0.951. The van der Waals surface area contributed by atoms with Gasteiger partial charge in [0.1, 0.15) is 0 Å². The maximum absolute atomic E-state index is 11.6. The molecule has 1 heterocycles. The van der Waals surface area contributed by atoms with Crippen LogP contribution in [0, 0.1) is 0 Å². The Morgan fingerprint density at radius 3 is 2.79 bits per heavy atom. The van der Waals surface area contributed by atoms with Crippen LogP contribution in [0.5, 0.6) is 0 Å². The first-order valence-corrected chi connectivity index (χ1v) is 4.95. The molecule has 1 atom stereocenters. The predicted molar refractivity (Wildman–Crippen MR) is 56.1 cm³/mol. The lowest BCUT2D eigenvalue weighted by Crippen LogP contribution is -2.35. The number of hydrogen-bond acceptors (Lipinski definition) is 2. The molecule has 0 radical (unpaired) electrons. The third-order valence-corrected chi connectivity index (χ3v) is 2.42. The number of nitrogens with one attached hydrogen (secondary N) is 2. The smallest absolute Gasteiger partial charge is 0.241 e. The van der Waals surface area contributed by atoms with E-state index in [-0.39, 0.29) is 11.9 Å². The average molecular weight is 190 g/mol. The lowest BCUT2D eigenvalue weighted by molar-refractivity contribution is -0.117. The molecule has 3 nitrogen and oxygen atoms in total. The molecule has 1 aliphatic heterocycles. The van der Waals surface area contributed by atoms with Crippen LogP contribution < -0.4 is 10.6 Å². The van der Waals surface area contributed by atoms with E-state index in [9.17, 15) is 4.79 Å². The Hall–Kier alpha value is -1.35. The van der Waals surface area contributed by atoms with Crippen molar-refractivity contribution in [2.45, 2.75) is 18.9 Å². The highest BCUT2D eigenvalue weighted by Crippen LogP contribution is 2.10. The van der Waals surface area contributed by atoms with E-state index in [1.165, 1.54) is 0 Å². The topological polar surface area (TPSA) is 41.1 Å². The lowest BCUT2D eigenvalue weighted by Gasteiger charge is -2.10. The molecule has 1 amide bonds. The maximum Gasteiger partial charge on any atom is 0.241 e. The number of carbonyl (C=O) groups is 1. The minimum absolute atomic E-state index is 0.00444. The Morgan fingerprint density at radius 1 is 1.36 bits per heavy atom. The van der Waals surface area contributed by atoms with E-state index in [4.69, 9.17) is 0 Å². The first-order valence-electron chi connectivity index (χ1n) is 4.95. The Kier molecular flexibility index (Phi) is 2.79. The van der Waals surface area contributed by atoms with Crippen LogP contribution >= 0.6 is 0 Å². The third-order valence-electron chi connectivity index (χ3n) is 2.42. The number of rotatable bonds is 2. The number of amides is 1. The van der Waals surface area contributed by atoms with Crippen molar-refractivity contribution < 1.29 is 4.79 Å². The van der Waals surface area contributed by atoms with Gasteiger partial charge in [0.15, 0.2) is 0 Å². The fourth-order valence-corrected chi connectivity index (χ4v) is 1.66. The number of benzene rings is 1. The number of hydrogen-bond donors (Lipinski definition) is 2. The van der Waals surface area contributed by atoms with Crippen molar-refractivity contribution in [3.63, 3.8) is 0 Å². The van der Waals surface area contributed by atoms with Gasteiger partial charge in [0.05, 0.1) is 6.04 Å². The first kappa shape index (κ1) is 9.21. The van der Waals surface area contributed by atoms with Crippen molar-refractivity contribution in [1.82, 2.24) is 5.32 Å². The molecule has 2 N–H and O–H groups in total. The summed E-state index contributed by atoms with van der Waals surface area (Å²) in [4.78, 5) is 11.6. The molecule has 2 rings (SSSR count). The van der Waals surface area contributed by atoms with Gasteiger partial charge in [-0.05, 0) is 31.5 Å². The molecular formula is C11H14N2O. The third kappa shape index (κ3) is 2.12. The number of para-hydroxylation sites is 1. The summed E-state index contributed by atoms with van der Waals surface area (Å²) in [5.41, 5.74) is 0.867. The van der Waals surface area contributed by atoms with E-state index >= 15 is 0 Å². The minimum atomic E-state index is -0.00444. The second kappa shape index (κ2) is 4.24. The summed E-state index contributed by atoms with van der Waals surface area (Å²) in [7, 11) is 0. The summed E-state index contributed by atoms with van der Waals surface area (Å²) >= 11 is 0. The van der Waals surface area contributed by atoms with Gasteiger partial charge in [0.2, 0.25) is 5.91 Å². The molecule has 0 bridgehead atoms. The van der Waals surface area contributed by atoms with E-state index < -0.39 is 0 Å². The van der Waals surface area contributed by atoms with Gasteiger partial charge in [-0.3, -0.25) is 4.79 Å². The molecule has 0 spiro atoms. The Labute approximate surface area is 83.5 Å². The van der Waals surface area contributed by atoms with Crippen LogP contribution in [0.25, 0.3) is 0 Å². The molecule has 1 saturated heterocycles. The van der Waals surface area contributed by atoms with Gasteiger partial charge < -0.3 is 10.6 Å².